The lowest BCUT2D eigenvalue weighted by molar-refractivity contribution is 0.104. The lowest BCUT2D eigenvalue weighted by atomic mass is 10.1. The Balaban J connectivity index is 2.29. The van der Waals surface area contributed by atoms with E-state index in [0.29, 0.717) is 21.5 Å². The largest absolute Gasteiger partial charge is 0.493 e. The highest BCUT2D eigenvalue weighted by molar-refractivity contribution is 9.10. The molecule has 0 saturated carbocycles. The maximum atomic E-state index is 12.4. The lowest BCUT2D eigenvalue weighted by Crippen LogP contribution is -1.99. The topological polar surface area (TPSA) is 35.5 Å². The van der Waals surface area contributed by atoms with E-state index in [2.05, 4.69) is 31.9 Å². The highest BCUT2D eigenvalue weighted by Crippen LogP contribution is 2.33. The molecular weight excluding hydrogens is 412 g/mol. The monoisotopic (exact) mass is 424 g/mol. The first kappa shape index (κ1) is 16.8. The molecule has 0 aliphatic rings. The minimum atomic E-state index is -0.118. The Morgan fingerprint density at radius 3 is 2.36 bits per heavy atom. The van der Waals surface area contributed by atoms with E-state index >= 15 is 0 Å². The molecule has 22 heavy (non-hydrogen) atoms. The summed E-state index contributed by atoms with van der Waals surface area (Å²) >= 11 is 6.80. The van der Waals surface area contributed by atoms with Gasteiger partial charge in [-0.1, -0.05) is 34.1 Å². The number of halogens is 2. The van der Waals surface area contributed by atoms with Gasteiger partial charge in [-0.05, 0) is 51.8 Å². The SMILES string of the molecule is COc1cc(Br)c(C(=O)C=Cc2cccc(Br)c2)cc1OC. The zero-order valence-electron chi connectivity index (χ0n) is 12.1. The van der Waals surface area contributed by atoms with E-state index in [1.54, 1.807) is 25.3 Å². The molecule has 5 heteroatoms. The standard InChI is InChI=1S/C17H14Br2O3/c1-21-16-9-13(14(19)10-17(16)22-2)15(20)7-6-11-4-3-5-12(18)8-11/h3-10H,1-2H3. The number of benzene rings is 2. The van der Waals surface area contributed by atoms with Crippen LogP contribution in [0, 0.1) is 0 Å². The second-order valence-electron chi connectivity index (χ2n) is 4.44. The summed E-state index contributed by atoms with van der Waals surface area (Å²) in [6, 6.07) is 11.1. The Hall–Kier alpha value is -1.59. The van der Waals surface area contributed by atoms with E-state index in [0.717, 1.165) is 10.0 Å². The van der Waals surface area contributed by atoms with Crippen LogP contribution in [-0.4, -0.2) is 20.0 Å². The van der Waals surface area contributed by atoms with Gasteiger partial charge in [0.25, 0.3) is 0 Å². The van der Waals surface area contributed by atoms with Crippen LogP contribution in [0.4, 0.5) is 0 Å². The fraction of sp³-hybridized carbons (Fsp3) is 0.118. The van der Waals surface area contributed by atoms with Gasteiger partial charge in [0.05, 0.1) is 14.2 Å². The zero-order valence-corrected chi connectivity index (χ0v) is 15.3. The van der Waals surface area contributed by atoms with Gasteiger partial charge in [-0.15, -0.1) is 0 Å². The van der Waals surface area contributed by atoms with Gasteiger partial charge in [0.15, 0.2) is 17.3 Å². The van der Waals surface area contributed by atoms with E-state index in [1.807, 2.05) is 24.3 Å². The van der Waals surface area contributed by atoms with Gasteiger partial charge in [0.1, 0.15) is 0 Å². The molecule has 2 aromatic rings. The first-order valence-electron chi connectivity index (χ1n) is 6.44. The summed E-state index contributed by atoms with van der Waals surface area (Å²) in [5.41, 5.74) is 1.46. The molecule has 0 atom stereocenters. The normalized spacial score (nSPS) is 10.7. The molecule has 0 spiro atoms. The Labute approximate surface area is 146 Å². The summed E-state index contributed by atoms with van der Waals surface area (Å²) in [6.07, 6.45) is 3.31. The van der Waals surface area contributed by atoms with Crippen molar-refractivity contribution in [2.45, 2.75) is 0 Å². The van der Waals surface area contributed by atoms with Crippen LogP contribution in [0.2, 0.25) is 0 Å². The molecule has 0 fully saturated rings. The van der Waals surface area contributed by atoms with E-state index < -0.39 is 0 Å². The molecule has 2 rings (SSSR count). The van der Waals surface area contributed by atoms with Gasteiger partial charge in [0.2, 0.25) is 0 Å². The molecule has 0 aromatic heterocycles. The Morgan fingerprint density at radius 1 is 1.05 bits per heavy atom. The van der Waals surface area contributed by atoms with Crippen molar-refractivity contribution in [1.29, 1.82) is 0 Å². The molecule has 0 heterocycles. The molecule has 0 unspecified atom stereocenters. The smallest absolute Gasteiger partial charge is 0.187 e. The summed E-state index contributed by atoms with van der Waals surface area (Å²) in [5, 5.41) is 0. The number of hydrogen-bond acceptors (Lipinski definition) is 3. The van der Waals surface area contributed by atoms with Crippen molar-refractivity contribution in [1.82, 2.24) is 0 Å². The van der Waals surface area contributed by atoms with E-state index in [1.165, 1.54) is 13.2 Å². The average molecular weight is 426 g/mol. The number of rotatable bonds is 5. The fourth-order valence-corrected chi connectivity index (χ4v) is 2.85. The Bertz CT molecular complexity index is 724. The van der Waals surface area contributed by atoms with Crippen LogP contribution in [0.25, 0.3) is 6.08 Å². The van der Waals surface area contributed by atoms with Gasteiger partial charge in [0, 0.05) is 14.5 Å². The van der Waals surface area contributed by atoms with Gasteiger partial charge in [-0.3, -0.25) is 4.79 Å². The highest BCUT2D eigenvalue weighted by Gasteiger charge is 2.13. The van der Waals surface area contributed by atoms with Crippen molar-refractivity contribution in [3.05, 3.63) is 62.5 Å². The van der Waals surface area contributed by atoms with E-state index in [4.69, 9.17) is 9.47 Å². The van der Waals surface area contributed by atoms with Gasteiger partial charge < -0.3 is 9.47 Å². The summed E-state index contributed by atoms with van der Waals surface area (Å²) in [4.78, 5) is 12.4. The first-order valence-corrected chi connectivity index (χ1v) is 8.03. The Kier molecular flexibility index (Phi) is 5.80. The molecule has 0 aliphatic heterocycles. The van der Waals surface area contributed by atoms with E-state index in [-0.39, 0.29) is 5.78 Å². The molecule has 114 valence electrons. The van der Waals surface area contributed by atoms with Crippen molar-refractivity contribution < 1.29 is 14.3 Å². The molecule has 0 saturated heterocycles. The van der Waals surface area contributed by atoms with Crippen molar-refractivity contribution in [3.8, 4) is 11.5 Å². The number of methoxy groups -OCH3 is 2. The molecule has 0 amide bonds. The number of allylic oxidation sites excluding steroid dienone is 1. The van der Waals surface area contributed by atoms with Crippen LogP contribution in [0.15, 0.2) is 51.4 Å². The molecule has 3 nitrogen and oxygen atoms in total. The van der Waals surface area contributed by atoms with Crippen molar-refractivity contribution in [2.24, 2.45) is 0 Å². The maximum Gasteiger partial charge on any atom is 0.187 e. The van der Waals surface area contributed by atoms with Gasteiger partial charge in [-0.25, -0.2) is 0 Å². The second-order valence-corrected chi connectivity index (χ2v) is 6.21. The average Bonchev–Trinajstić information content (AvgIpc) is 2.52. The quantitative estimate of drug-likeness (QED) is 0.492. The molecule has 0 bridgehead atoms. The molecule has 0 N–H and O–H groups in total. The van der Waals surface area contributed by atoms with Crippen LogP contribution in [0.3, 0.4) is 0 Å². The number of carbonyl (C=O) groups excluding carboxylic acids is 1. The Morgan fingerprint density at radius 2 is 1.73 bits per heavy atom. The van der Waals surface area contributed by atoms with Crippen molar-refractivity contribution in [2.75, 3.05) is 14.2 Å². The predicted molar refractivity (Wildman–Crippen MR) is 94.8 cm³/mol. The fourth-order valence-electron chi connectivity index (χ4n) is 1.91. The first-order chi connectivity index (χ1) is 10.5. The predicted octanol–water partition coefficient (Wildman–Crippen LogP) is 5.12. The third kappa shape index (κ3) is 3.99. The van der Waals surface area contributed by atoms with Crippen molar-refractivity contribution >= 4 is 43.7 Å². The van der Waals surface area contributed by atoms with Crippen molar-refractivity contribution in [3.63, 3.8) is 0 Å². The summed E-state index contributed by atoms with van der Waals surface area (Å²) in [7, 11) is 3.09. The second kappa shape index (κ2) is 7.61. The molecular formula is C17H14Br2O3. The minimum Gasteiger partial charge on any atom is -0.493 e. The van der Waals surface area contributed by atoms with E-state index in [9.17, 15) is 4.79 Å². The number of carbonyl (C=O) groups is 1. The van der Waals surface area contributed by atoms with Gasteiger partial charge >= 0.3 is 0 Å². The highest BCUT2D eigenvalue weighted by atomic mass is 79.9. The zero-order chi connectivity index (χ0) is 16.1. The molecule has 2 aromatic carbocycles. The lowest BCUT2D eigenvalue weighted by Gasteiger charge is -2.10. The molecule has 0 aliphatic carbocycles. The number of hydrogen-bond donors (Lipinski definition) is 0. The third-order valence-electron chi connectivity index (χ3n) is 3.01. The number of ketones is 1. The number of ether oxygens (including phenoxy) is 2. The molecule has 0 radical (unpaired) electrons. The van der Waals surface area contributed by atoms with Crippen LogP contribution in [-0.2, 0) is 0 Å². The van der Waals surface area contributed by atoms with Gasteiger partial charge in [-0.2, -0.15) is 0 Å². The minimum absolute atomic E-state index is 0.118. The maximum absolute atomic E-state index is 12.4. The summed E-state index contributed by atoms with van der Waals surface area (Å²) < 4.78 is 12.1. The van der Waals surface area contributed by atoms with Crippen LogP contribution in [0.5, 0.6) is 11.5 Å². The third-order valence-corrected chi connectivity index (χ3v) is 4.16. The summed E-state index contributed by atoms with van der Waals surface area (Å²) in [5.74, 6) is 0.972. The van der Waals surface area contributed by atoms with Crippen LogP contribution < -0.4 is 9.47 Å². The van der Waals surface area contributed by atoms with Crippen LogP contribution in [0.1, 0.15) is 15.9 Å². The summed E-state index contributed by atoms with van der Waals surface area (Å²) in [6.45, 7) is 0. The van der Waals surface area contributed by atoms with Crippen LogP contribution >= 0.6 is 31.9 Å².